The van der Waals surface area contributed by atoms with Gasteiger partial charge in [0.15, 0.2) is 0 Å². The lowest BCUT2D eigenvalue weighted by Crippen LogP contribution is -2.21. The number of hydrogen-bond donors (Lipinski definition) is 0. The minimum atomic E-state index is -0.292. The highest BCUT2D eigenvalue weighted by molar-refractivity contribution is 5.89. The van der Waals surface area contributed by atoms with E-state index in [9.17, 15) is 9.59 Å². The van der Waals surface area contributed by atoms with E-state index in [0.717, 1.165) is 31.2 Å². The molecule has 1 aromatic carbocycles. The van der Waals surface area contributed by atoms with Crippen LogP contribution in [0, 0.1) is 0 Å². The summed E-state index contributed by atoms with van der Waals surface area (Å²) < 4.78 is 10.2. The molecule has 0 N–H and O–H groups in total. The fourth-order valence-electron chi connectivity index (χ4n) is 2.32. The largest absolute Gasteiger partial charge is 0.463 e. The van der Waals surface area contributed by atoms with Gasteiger partial charge < -0.3 is 9.47 Å². The molecule has 4 heteroatoms. The topological polar surface area (TPSA) is 52.6 Å². The Labute approximate surface area is 112 Å². The van der Waals surface area contributed by atoms with Gasteiger partial charge in [0, 0.05) is 0 Å². The Morgan fingerprint density at radius 1 is 1.26 bits per heavy atom. The number of ether oxygens (including phenoxy) is 2. The molecule has 1 fully saturated rings. The van der Waals surface area contributed by atoms with Crippen molar-refractivity contribution < 1.29 is 19.1 Å². The van der Waals surface area contributed by atoms with Gasteiger partial charge in [-0.25, -0.2) is 4.79 Å². The maximum absolute atomic E-state index is 12.0. The van der Waals surface area contributed by atoms with Crippen LogP contribution >= 0.6 is 0 Å². The number of rotatable bonds is 5. The third kappa shape index (κ3) is 4.09. The summed E-state index contributed by atoms with van der Waals surface area (Å²) in [5.41, 5.74) is 1.29. The lowest BCUT2D eigenvalue weighted by Gasteiger charge is -2.21. The van der Waals surface area contributed by atoms with E-state index >= 15 is 0 Å². The summed E-state index contributed by atoms with van der Waals surface area (Å²) in [6.45, 7) is 0.571. The summed E-state index contributed by atoms with van der Waals surface area (Å²) in [4.78, 5) is 22.2. The predicted molar refractivity (Wildman–Crippen MR) is 69.6 cm³/mol. The average Bonchev–Trinajstić information content (AvgIpc) is 2.46. The molecule has 1 aliphatic rings. The second-order valence-electron chi connectivity index (χ2n) is 4.77. The standard InChI is InChI=1S/C15H18O4/c16-11-18-10-12-5-4-6-13(9-12)15(17)19-14-7-2-1-3-8-14/h4-6,9,11,14H,1-3,7-8,10H2. The van der Waals surface area contributed by atoms with Gasteiger partial charge in [0.05, 0.1) is 5.56 Å². The van der Waals surface area contributed by atoms with E-state index in [-0.39, 0.29) is 18.7 Å². The van der Waals surface area contributed by atoms with Crippen molar-refractivity contribution >= 4 is 12.4 Å². The molecule has 0 spiro atoms. The molecule has 4 nitrogen and oxygen atoms in total. The minimum Gasteiger partial charge on any atom is -0.463 e. The lowest BCUT2D eigenvalue weighted by atomic mass is 9.98. The van der Waals surface area contributed by atoms with Crippen LogP contribution in [0.3, 0.4) is 0 Å². The number of benzene rings is 1. The van der Waals surface area contributed by atoms with Crippen molar-refractivity contribution in [3.8, 4) is 0 Å². The molecule has 0 aliphatic heterocycles. The Balaban J connectivity index is 1.95. The highest BCUT2D eigenvalue weighted by Crippen LogP contribution is 2.21. The molecule has 1 aliphatic carbocycles. The van der Waals surface area contributed by atoms with E-state index in [1.807, 2.05) is 0 Å². The first-order chi connectivity index (χ1) is 9.29. The van der Waals surface area contributed by atoms with Gasteiger partial charge in [0.1, 0.15) is 12.7 Å². The Morgan fingerprint density at radius 3 is 2.79 bits per heavy atom. The summed E-state index contributed by atoms with van der Waals surface area (Å²) in [5, 5.41) is 0. The van der Waals surface area contributed by atoms with Crippen LogP contribution in [0.4, 0.5) is 0 Å². The maximum atomic E-state index is 12.0. The Hall–Kier alpha value is -1.84. The number of hydrogen-bond acceptors (Lipinski definition) is 4. The molecule has 2 rings (SSSR count). The van der Waals surface area contributed by atoms with E-state index in [1.165, 1.54) is 6.42 Å². The average molecular weight is 262 g/mol. The predicted octanol–water partition coefficient (Wildman–Crippen LogP) is 2.85. The molecule has 0 saturated heterocycles. The van der Waals surface area contributed by atoms with Crippen LogP contribution in [0.15, 0.2) is 24.3 Å². The van der Waals surface area contributed by atoms with Gasteiger partial charge in [-0.2, -0.15) is 0 Å². The highest BCUT2D eigenvalue weighted by Gasteiger charge is 2.18. The summed E-state index contributed by atoms with van der Waals surface area (Å²) >= 11 is 0. The van der Waals surface area contributed by atoms with Crippen molar-refractivity contribution in [3.05, 3.63) is 35.4 Å². The second-order valence-corrected chi connectivity index (χ2v) is 4.77. The molecule has 0 unspecified atom stereocenters. The van der Waals surface area contributed by atoms with Crippen molar-refractivity contribution in [2.75, 3.05) is 0 Å². The van der Waals surface area contributed by atoms with E-state index in [1.54, 1.807) is 24.3 Å². The Kier molecular flexibility index (Phi) is 4.95. The highest BCUT2D eigenvalue weighted by atomic mass is 16.5. The smallest absolute Gasteiger partial charge is 0.338 e. The molecule has 19 heavy (non-hydrogen) atoms. The van der Waals surface area contributed by atoms with Crippen LogP contribution in [0.5, 0.6) is 0 Å². The number of carbonyl (C=O) groups is 2. The van der Waals surface area contributed by atoms with Crippen molar-refractivity contribution in [2.24, 2.45) is 0 Å². The van der Waals surface area contributed by atoms with Crippen LogP contribution in [0.1, 0.15) is 48.0 Å². The molecular formula is C15H18O4. The molecule has 0 radical (unpaired) electrons. The molecular weight excluding hydrogens is 244 g/mol. The third-order valence-electron chi connectivity index (χ3n) is 3.31. The van der Waals surface area contributed by atoms with Crippen LogP contribution in [0.2, 0.25) is 0 Å². The van der Waals surface area contributed by atoms with Gasteiger partial charge in [0.25, 0.3) is 6.47 Å². The zero-order valence-corrected chi connectivity index (χ0v) is 10.8. The summed E-state index contributed by atoms with van der Waals surface area (Å²) in [7, 11) is 0. The van der Waals surface area contributed by atoms with Crippen LogP contribution in [-0.4, -0.2) is 18.5 Å². The van der Waals surface area contributed by atoms with Gasteiger partial charge in [-0.15, -0.1) is 0 Å². The van der Waals surface area contributed by atoms with Crippen molar-refractivity contribution in [1.82, 2.24) is 0 Å². The monoisotopic (exact) mass is 262 g/mol. The van der Waals surface area contributed by atoms with Crippen LogP contribution in [-0.2, 0) is 20.9 Å². The van der Waals surface area contributed by atoms with E-state index in [2.05, 4.69) is 4.74 Å². The molecule has 0 atom stereocenters. The molecule has 0 heterocycles. The van der Waals surface area contributed by atoms with E-state index in [4.69, 9.17) is 4.74 Å². The Morgan fingerprint density at radius 2 is 2.05 bits per heavy atom. The SMILES string of the molecule is O=COCc1cccc(C(=O)OC2CCCCC2)c1. The van der Waals surface area contributed by atoms with Gasteiger partial charge in [-0.1, -0.05) is 18.6 Å². The normalized spacial score (nSPS) is 15.8. The first kappa shape index (κ1) is 13.6. The lowest BCUT2D eigenvalue weighted by molar-refractivity contribution is -0.129. The van der Waals surface area contributed by atoms with Gasteiger partial charge in [-0.3, -0.25) is 4.79 Å². The maximum Gasteiger partial charge on any atom is 0.338 e. The quantitative estimate of drug-likeness (QED) is 0.605. The summed E-state index contributed by atoms with van der Waals surface area (Å²) in [6.07, 6.45) is 5.46. The van der Waals surface area contributed by atoms with E-state index < -0.39 is 0 Å². The van der Waals surface area contributed by atoms with Crippen molar-refractivity contribution in [2.45, 2.75) is 44.8 Å². The Bertz CT molecular complexity index is 436. The summed E-state index contributed by atoms with van der Waals surface area (Å²) in [6, 6.07) is 6.99. The molecule has 0 amide bonds. The fourth-order valence-corrected chi connectivity index (χ4v) is 2.32. The number of esters is 1. The molecule has 0 aromatic heterocycles. The second kappa shape index (κ2) is 6.92. The van der Waals surface area contributed by atoms with Crippen LogP contribution < -0.4 is 0 Å². The zero-order valence-electron chi connectivity index (χ0n) is 10.8. The number of carbonyl (C=O) groups excluding carboxylic acids is 2. The molecule has 1 aromatic rings. The molecule has 102 valence electrons. The van der Waals surface area contributed by atoms with Gasteiger partial charge in [-0.05, 0) is 43.4 Å². The zero-order chi connectivity index (χ0) is 13.5. The first-order valence-electron chi connectivity index (χ1n) is 6.65. The third-order valence-corrected chi connectivity index (χ3v) is 3.31. The first-order valence-corrected chi connectivity index (χ1v) is 6.65. The van der Waals surface area contributed by atoms with Crippen molar-refractivity contribution in [3.63, 3.8) is 0 Å². The fraction of sp³-hybridized carbons (Fsp3) is 0.467. The van der Waals surface area contributed by atoms with Crippen LogP contribution in [0.25, 0.3) is 0 Å². The van der Waals surface area contributed by atoms with E-state index in [0.29, 0.717) is 12.0 Å². The summed E-state index contributed by atoms with van der Waals surface area (Å²) in [5.74, 6) is -0.292. The minimum absolute atomic E-state index is 0.0520. The molecule has 0 bridgehead atoms. The van der Waals surface area contributed by atoms with Gasteiger partial charge >= 0.3 is 5.97 Å². The van der Waals surface area contributed by atoms with Gasteiger partial charge in [0.2, 0.25) is 0 Å². The molecule has 1 saturated carbocycles. The van der Waals surface area contributed by atoms with Crippen molar-refractivity contribution in [1.29, 1.82) is 0 Å².